The Morgan fingerprint density at radius 1 is 1.42 bits per heavy atom. The number of nitrogens with zero attached hydrogens (tertiary/aromatic N) is 4. The smallest absolute Gasteiger partial charge is 0.223 e. The fraction of sp³-hybridized carbons (Fsp3) is 0.583. The van der Waals surface area contributed by atoms with E-state index in [9.17, 15) is 0 Å². The lowest BCUT2D eigenvalue weighted by molar-refractivity contribution is 0.387. The molecule has 0 unspecified atom stereocenters. The maximum absolute atomic E-state index is 6.27. The van der Waals surface area contributed by atoms with Crippen LogP contribution in [0.2, 0.25) is 5.02 Å². The van der Waals surface area contributed by atoms with Gasteiger partial charge in [0.05, 0.1) is 16.4 Å². The van der Waals surface area contributed by atoms with Crippen molar-refractivity contribution in [3.05, 3.63) is 28.1 Å². The molecule has 2 rings (SSSR count). The molecule has 6 nitrogen and oxygen atoms in total. The van der Waals surface area contributed by atoms with E-state index in [0.29, 0.717) is 12.4 Å². The molecule has 2 heterocycles. The lowest BCUT2D eigenvalue weighted by Gasteiger charge is -2.04. The third-order valence-electron chi connectivity index (χ3n) is 2.89. The van der Waals surface area contributed by atoms with Crippen molar-refractivity contribution in [1.82, 2.24) is 25.2 Å². The summed E-state index contributed by atoms with van der Waals surface area (Å²) >= 11 is 6.27. The number of nitrogens with one attached hydrogen (secondary N) is 1. The fourth-order valence-electron chi connectivity index (χ4n) is 1.86. The fourth-order valence-corrected chi connectivity index (χ4v) is 2.22. The van der Waals surface area contributed by atoms with E-state index in [1.165, 1.54) is 0 Å². The minimum absolute atomic E-state index is 0.595. The largest absolute Gasteiger partial charge is 0.340 e. The van der Waals surface area contributed by atoms with Gasteiger partial charge in [-0.2, -0.15) is 10.1 Å². The summed E-state index contributed by atoms with van der Waals surface area (Å²) in [5, 5.41) is 12.3. The van der Waals surface area contributed by atoms with Crippen LogP contribution in [0.5, 0.6) is 0 Å². The Labute approximate surface area is 117 Å². The van der Waals surface area contributed by atoms with Gasteiger partial charge in [0.25, 0.3) is 0 Å². The second kappa shape index (κ2) is 6.16. The molecule has 0 spiro atoms. The van der Waals surface area contributed by atoms with Gasteiger partial charge in [0.15, 0.2) is 5.82 Å². The SMILES string of the molecule is CCc1nn(C)c(CNCCc2noc(C)n2)c1Cl. The van der Waals surface area contributed by atoms with Crippen LogP contribution in [0.4, 0.5) is 0 Å². The molecule has 0 aliphatic rings. The third-order valence-corrected chi connectivity index (χ3v) is 3.33. The summed E-state index contributed by atoms with van der Waals surface area (Å²) in [6.07, 6.45) is 1.57. The van der Waals surface area contributed by atoms with Crippen LogP contribution < -0.4 is 5.32 Å². The van der Waals surface area contributed by atoms with Crippen LogP contribution in [0.1, 0.15) is 30.0 Å². The standard InChI is InChI=1S/C12H18ClN5O/c1-4-9-12(13)10(18(3)16-9)7-14-6-5-11-15-8(2)19-17-11/h14H,4-7H2,1-3H3. The van der Waals surface area contributed by atoms with Crippen LogP contribution >= 0.6 is 11.6 Å². The number of hydrogen-bond donors (Lipinski definition) is 1. The normalized spacial score (nSPS) is 11.2. The van der Waals surface area contributed by atoms with Crippen LogP contribution in [0.3, 0.4) is 0 Å². The zero-order chi connectivity index (χ0) is 13.8. The highest BCUT2D eigenvalue weighted by atomic mass is 35.5. The number of rotatable bonds is 6. The monoisotopic (exact) mass is 283 g/mol. The third kappa shape index (κ3) is 3.33. The van der Waals surface area contributed by atoms with E-state index in [-0.39, 0.29) is 0 Å². The zero-order valence-corrected chi connectivity index (χ0v) is 12.2. The van der Waals surface area contributed by atoms with Crippen LogP contribution in [-0.4, -0.2) is 26.5 Å². The average molecular weight is 284 g/mol. The molecule has 1 N–H and O–H groups in total. The van der Waals surface area contributed by atoms with E-state index in [1.54, 1.807) is 6.92 Å². The molecule has 0 atom stereocenters. The minimum Gasteiger partial charge on any atom is -0.340 e. The molecule has 104 valence electrons. The Kier molecular flexibility index (Phi) is 4.55. The van der Waals surface area contributed by atoms with Crippen molar-refractivity contribution < 1.29 is 4.52 Å². The number of halogens is 1. The van der Waals surface area contributed by atoms with E-state index >= 15 is 0 Å². The lowest BCUT2D eigenvalue weighted by atomic mass is 10.3. The van der Waals surface area contributed by atoms with Gasteiger partial charge >= 0.3 is 0 Å². The van der Waals surface area contributed by atoms with E-state index in [4.69, 9.17) is 16.1 Å². The topological polar surface area (TPSA) is 68.8 Å². The highest BCUT2D eigenvalue weighted by Gasteiger charge is 2.12. The van der Waals surface area contributed by atoms with Gasteiger partial charge in [0.1, 0.15) is 0 Å². The molecular formula is C12H18ClN5O. The molecule has 0 bridgehead atoms. The van der Waals surface area contributed by atoms with Crippen molar-refractivity contribution in [1.29, 1.82) is 0 Å². The van der Waals surface area contributed by atoms with Gasteiger partial charge < -0.3 is 9.84 Å². The van der Waals surface area contributed by atoms with Crippen LogP contribution in [0.25, 0.3) is 0 Å². The first kappa shape index (κ1) is 14.0. The average Bonchev–Trinajstić information content (AvgIpc) is 2.91. The summed E-state index contributed by atoms with van der Waals surface area (Å²) in [6, 6.07) is 0. The van der Waals surface area contributed by atoms with Gasteiger partial charge in [-0.1, -0.05) is 23.7 Å². The van der Waals surface area contributed by atoms with Gasteiger partial charge in [-0.15, -0.1) is 0 Å². The Balaban J connectivity index is 1.84. The van der Waals surface area contributed by atoms with Crippen molar-refractivity contribution in [3.63, 3.8) is 0 Å². The van der Waals surface area contributed by atoms with Gasteiger partial charge in [-0.25, -0.2) is 0 Å². The molecule has 19 heavy (non-hydrogen) atoms. The van der Waals surface area contributed by atoms with Crippen molar-refractivity contribution in [2.75, 3.05) is 6.54 Å². The first-order valence-corrected chi connectivity index (χ1v) is 6.69. The molecule has 0 aliphatic carbocycles. The van der Waals surface area contributed by atoms with Crippen molar-refractivity contribution >= 4 is 11.6 Å². The van der Waals surface area contributed by atoms with Gasteiger partial charge in [0.2, 0.25) is 5.89 Å². The van der Waals surface area contributed by atoms with E-state index in [1.807, 2.05) is 18.7 Å². The predicted octanol–water partition coefficient (Wildman–Crippen LogP) is 1.66. The summed E-state index contributed by atoms with van der Waals surface area (Å²) in [7, 11) is 1.91. The van der Waals surface area contributed by atoms with E-state index in [0.717, 1.165) is 41.6 Å². The van der Waals surface area contributed by atoms with Gasteiger partial charge in [-0.3, -0.25) is 4.68 Å². The zero-order valence-electron chi connectivity index (χ0n) is 11.4. The first-order chi connectivity index (χ1) is 9.11. The van der Waals surface area contributed by atoms with Crippen molar-refractivity contribution in [2.24, 2.45) is 7.05 Å². The highest BCUT2D eigenvalue weighted by Crippen LogP contribution is 2.20. The summed E-state index contributed by atoms with van der Waals surface area (Å²) in [5.74, 6) is 1.31. The van der Waals surface area contributed by atoms with Crippen LogP contribution in [-0.2, 0) is 26.4 Å². The molecule has 7 heteroatoms. The second-order valence-corrected chi connectivity index (χ2v) is 4.72. The van der Waals surface area contributed by atoms with Gasteiger partial charge in [-0.05, 0) is 6.42 Å². The summed E-state index contributed by atoms with van der Waals surface area (Å²) in [4.78, 5) is 4.15. The summed E-state index contributed by atoms with van der Waals surface area (Å²) < 4.78 is 6.74. The Hall–Kier alpha value is -1.40. The lowest BCUT2D eigenvalue weighted by Crippen LogP contribution is -2.19. The maximum atomic E-state index is 6.27. The van der Waals surface area contributed by atoms with Crippen LogP contribution in [0, 0.1) is 6.92 Å². The molecule has 0 saturated carbocycles. The molecule has 2 aromatic rings. The molecule has 0 aliphatic heterocycles. The van der Waals surface area contributed by atoms with Gasteiger partial charge in [0, 0.05) is 33.5 Å². The number of hydrogen-bond acceptors (Lipinski definition) is 5. The molecule has 0 amide bonds. The quantitative estimate of drug-likeness (QED) is 0.817. The molecule has 0 saturated heterocycles. The summed E-state index contributed by atoms with van der Waals surface area (Å²) in [6.45, 7) is 5.27. The second-order valence-electron chi connectivity index (χ2n) is 4.34. The Morgan fingerprint density at radius 3 is 2.79 bits per heavy atom. The van der Waals surface area contributed by atoms with E-state index in [2.05, 4.69) is 20.6 Å². The first-order valence-electron chi connectivity index (χ1n) is 6.32. The van der Waals surface area contributed by atoms with E-state index < -0.39 is 0 Å². The Bertz CT molecular complexity index is 548. The number of aryl methyl sites for hydroxylation is 3. The Morgan fingerprint density at radius 2 is 2.21 bits per heavy atom. The number of aromatic nitrogens is 4. The maximum Gasteiger partial charge on any atom is 0.223 e. The molecule has 0 aromatic carbocycles. The summed E-state index contributed by atoms with van der Waals surface area (Å²) in [5.41, 5.74) is 1.94. The van der Waals surface area contributed by atoms with Crippen molar-refractivity contribution in [2.45, 2.75) is 33.2 Å². The molecule has 2 aromatic heterocycles. The predicted molar refractivity (Wildman–Crippen MR) is 72.0 cm³/mol. The highest BCUT2D eigenvalue weighted by molar-refractivity contribution is 6.31. The van der Waals surface area contributed by atoms with Crippen molar-refractivity contribution in [3.8, 4) is 0 Å². The molecule has 0 fully saturated rings. The van der Waals surface area contributed by atoms with Crippen LogP contribution in [0.15, 0.2) is 4.52 Å². The minimum atomic E-state index is 0.595. The molecular weight excluding hydrogens is 266 g/mol. The molecule has 0 radical (unpaired) electrons.